The maximum Gasteiger partial charge on any atom is 0.371 e. The summed E-state index contributed by atoms with van der Waals surface area (Å²) in [5.74, 6) is -1.55. The molecule has 7 nitrogen and oxygen atoms in total. The fraction of sp³-hybridized carbons (Fsp3) is 0.667. The van der Waals surface area contributed by atoms with Crippen LogP contribution in [0.15, 0.2) is 5.16 Å². The Kier molecular flexibility index (Phi) is 7.19. The Balaban J connectivity index is 4.59. The molecular weight excluding hydrogens is 252 g/mol. The van der Waals surface area contributed by atoms with Crippen molar-refractivity contribution in [3.05, 3.63) is 0 Å². The van der Waals surface area contributed by atoms with Crippen molar-refractivity contribution >= 4 is 17.7 Å². The number of hydrogen-bond donors (Lipinski definition) is 0. The van der Waals surface area contributed by atoms with E-state index in [-0.39, 0.29) is 6.61 Å². The maximum absolute atomic E-state index is 11.7. The molecular formula is C12H18N2O5. The molecule has 7 heteroatoms. The number of esters is 2. The van der Waals surface area contributed by atoms with Gasteiger partial charge < -0.3 is 14.3 Å². The summed E-state index contributed by atoms with van der Waals surface area (Å²) in [4.78, 5) is 27.6. The molecule has 0 radical (unpaired) electrons. The number of carbonyl (C=O) groups is 2. The summed E-state index contributed by atoms with van der Waals surface area (Å²) in [6, 6.07) is 1.51. The van der Waals surface area contributed by atoms with Crippen molar-refractivity contribution in [2.24, 2.45) is 5.16 Å². The molecule has 0 aliphatic heterocycles. The Hall–Kier alpha value is -2.10. The third-order valence-electron chi connectivity index (χ3n) is 2.07. The smallest absolute Gasteiger partial charge is 0.371 e. The highest BCUT2D eigenvalue weighted by Crippen LogP contribution is 2.12. The molecule has 0 saturated carbocycles. The third kappa shape index (κ3) is 5.86. The number of methoxy groups -OCH3 is 1. The summed E-state index contributed by atoms with van der Waals surface area (Å²) < 4.78 is 9.29. The molecule has 0 aliphatic rings. The Bertz CT molecular complexity index is 395. The lowest BCUT2D eigenvalue weighted by Crippen LogP contribution is -2.36. The van der Waals surface area contributed by atoms with E-state index in [1.54, 1.807) is 0 Å². The van der Waals surface area contributed by atoms with E-state index in [2.05, 4.69) is 9.89 Å². The molecule has 106 valence electrons. The first kappa shape index (κ1) is 16.9. The zero-order valence-electron chi connectivity index (χ0n) is 11.6. The predicted molar refractivity (Wildman–Crippen MR) is 66.1 cm³/mol. The molecule has 0 bridgehead atoms. The van der Waals surface area contributed by atoms with Crippen LogP contribution in [0, 0.1) is 11.3 Å². The fourth-order valence-electron chi connectivity index (χ4n) is 0.880. The van der Waals surface area contributed by atoms with Crippen LogP contribution in [0.4, 0.5) is 0 Å². The predicted octanol–water partition coefficient (Wildman–Crippen LogP) is 1.18. The zero-order valence-corrected chi connectivity index (χ0v) is 11.6. The number of nitriles is 1. The highest BCUT2D eigenvalue weighted by molar-refractivity contribution is 6.42. The molecule has 0 aromatic heterocycles. The van der Waals surface area contributed by atoms with Crippen LogP contribution in [0.1, 0.15) is 33.6 Å². The van der Waals surface area contributed by atoms with Crippen LogP contribution in [0.5, 0.6) is 0 Å². The minimum Gasteiger partial charge on any atom is -0.464 e. The van der Waals surface area contributed by atoms with Gasteiger partial charge >= 0.3 is 11.9 Å². The van der Waals surface area contributed by atoms with E-state index >= 15 is 0 Å². The Labute approximate surface area is 112 Å². The van der Waals surface area contributed by atoms with Gasteiger partial charge in [0.25, 0.3) is 5.71 Å². The number of hydrogen-bond acceptors (Lipinski definition) is 7. The third-order valence-corrected chi connectivity index (χ3v) is 2.07. The van der Waals surface area contributed by atoms with Crippen LogP contribution in [-0.4, -0.2) is 37.0 Å². The lowest BCUT2D eigenvalue weighted by Gasteiger charge is -2.20. The van der Waals surface area contributed by atoms with Crippen LogP contribution in [0.2, 0.25) is 0 Å². The van der Waals surface area contributed by atoms with Gasteiger partial charge in [-0.1, -0.05) is 18.5 Å². The monoisotopic (exact) mass is 270 g/mol. The van der Waals surface area contributed by atoms with Crippen LogP contribution >= 0.6 is 0 Å². The van der Waals surface area contributed by atoms with Crippen molar-refractivity contribution in [3.8, 4) is 6.07 Å². The summed E-state index contributed by atoms with van der Waals surface area (Å²) >= 11 is 0. The van der Waals surface area contributed by atoms with Gasteiger partial charge in [-0.25, -0.2) is 9.59 Å². The summed E-state index contributed by atoms with van der Waals surface area (Å²) in [6.07, 6.45) is 1.64. The van der Waals surface area contributed by atoms with Gasteiger partial charge in [0.15, 0.2) is 0 Å². The van der Waals surface area contributed by atoms with Crippen molar-refractivity contribution in [1.82, 2.24) is 0 Å². The summed E-state index contributed by atoms with van der Waals surface area (Å²) in [6.45, 7) is 5.11. The molecule has 0 unspecified atom stereocenters. The standard InChI is InChI=1S/C12H18N2O5/c1-5-6-7-18-11(16)12(2,3)19-14-9(8-13)10(15)17-4/h5-7H2,1-4H3/b14-9-. The largest absolute Gasteiger partial charge is 0.464 e. The van der Waals surface area contributed by atoms with E-state index in [9.17, 15) is 9.59 Å². The van der Waals surface area contributed by atoms with E-state index in [1.165, 1.54) is 19.9 Å². The van der Waals surface area contributed by atoms with Crippen LogP contribution in [0.25, 0.3) is 0 Å². The molecule has 0 amide bonds. The van der Waals surface area contributed by atoms with E-state index < -0.39 is 23.3 Å². The average Bonchev–Trinajstić information content (AvgIpc) is 2.39. The maximum atomic E-state index is 11.7. The highest BCUT2D eigenvalue weighted by Gasteiger charge is 2.32. The molecule has 0 rings (SSSR count). The van der Waals surface area contributed by atoms with Gasteiger partial charge in [-0.3, -0.25) is 0 Å². The molecule has 0 aliphatic carbocycles. The van der Waals surface area contributed by atoms with Gasteiger partial charge in [0.2, 0.25) is 5.60 Å². The van der Waals surface area contributed by atoms with Gasteiger partial charge in [-0.15, -0.1) is 0 Å². The van der Waals surface area contributed by atoms with Crippen molar-refractivity contribution in [2.75, 3.05) is 13.7 Å². The zero-order chi connectivity index (χ0) is 14.9. The summed E-state index contributed by atoms with van der Waals surface area (Å²) in [7, 11) is 1.11. The minimum absolute atomic E-state index is 0.286. The van der Waals surface area contributed by atoms with Gasteiger partial charge in [0, 0.05) is 0 Å². The molecule has 0 saturated heterocycles. The lowest BCUT2D eigenvalue weighted by molar-refractivity contribution is -0.168. The Morgan fingerprint density at radius 3 is 2.47 bits per heavy atom. The van der Waals surface area contributed by atoms with Crippen LogP contribution < -0.4 is 0 Å². The second-order valence-corrected chi connectivity index (χ2v) is 4.13. The Morgan fingerprint density at radius 1 is 1.37 bits per heavy atom. The first-order valence-electron chi connectivity index (χ1n) is 5.80. The number of unbranched alkanes of at least 4 members (excludes halogenated alkanes) is 1. The fourth-order valence-corrected chi connectivity index (χ4v) is 0.880. The first-order chi connectivity index (χ1) is 8.88. The second-order valence-electron chi connectivity index (χ2n) is 4.13. The molecule has 0 aromatic carbocycles. The second kappa shape index (κ2) is 8.08. The van der Waals surface area contributed by atoms with Crippen molar-refractivity contribution in [1.29, 1.82) is 5.26 Å². The van der Waals surface area contributed by atoms with Crippen molar-refractivity contribution < 1.29 is 23.9 Å². The summed E-state index contributed by atoms with van der Waals surface area (Å²) in [5, 5.41) is 12.0. The molecule has 0 heterocycles. The van der Waals surface area contributed by atoms with Crippen LogP contribution in [-0.2, 0) is 23.9 Å². The number of oxime groups is 1. The highest BCUT2D eigenvalue weighted by atomic mass is 16.7. The quantitative estimate of drug-likeness (QED) is 0.298. The number of carbonyl (C=O) groups excluding carboxylic acids is 2. The topological polar surface area (TPSA) is 98.0 Å². The normalized spacial score (nSPS) is 11.4. The SMILES string of the molecule is CCCCOC(=O)C(C)(C)O/N=C(/C#N)C(=O)OC. The van der Waals surface area contributed by atoms with Crippen molar-refractivity contribution in [2.45, 2.75) is 39.2 Å². The molecule has 0 atom stereocenters. The molecule has 0 N–H and O–H groups in total. The molecule has 0 fully saturated rings. The van der Waals surface area contributed by atoms with Gasteiger partial charge in [-0.05, 0) is 20.3 Å². The summed E-state index contributed by atoms with van der Waals surface area (Å²) in [5.41, 5.74) is -1.96. The number of rotatable bonds is 7. The van der Waals surface area contributed by atoms with Gasteiger partial charge in [0.05, 0.1) is 13.7 Å². The van der Waals surface area contributed by atoms with Crippen LogP contribution in [0.3, 0.4) is 0 Å². The van der Waals surface area contributed by atoms with E-state index in [1.807, 2.05) is 6.92 Å². The molecule has 19 heavy (non-hydrogen) atoms. The van der Waals surface area contributed by atoms with Crippen molar-refractivity contribution in [3.63, 3.8) is 0 Å². The average molecular weight is 270 g/mol. The Morgan fingerprint density at radius 2 is 2.00 bits per heavy atom. The van der Waals surface area contributed by atoms with E-state index in [0.717, 1.165) is 20.0 Å². The number of ether oxygens (including phenoxy) is 2. The van der Waals surface area contributed by atoms with Gasteiger partial charge in [-0.2, -0.15) is 5.26 Å². The number of nitrogens with zero attached hydrogens (tertiary/aromatic N) is 2. The first-order valence-corrected chi connectivity index (χ1v) is 5.80. The lowest BCUT2D eigenvalue weighted by atomic mass is 10.1. The molecule has 0 aromatic rings. The van der Waals surface area contributed by atoms with Gasteiger partial charge in [0.1, 0.15) is 6.07 Å². The van der Waals surface area contributed by atoms with E-state index in [4.69, 9.17) is 14.8 Å². The van der Waals surface area contributed by atoms with E-state index in [0.29, 0.717) is 0 Å². The minimum atomic E-state index is -1.39. The molecule has 0 spiro atoms.